The molecule has 2 amide bonds. The zero-order valence-corrected chi connectivity index (χ0v) is 20.9. The Morgan fingerprint density at radius 3 is 2.42 bits per heavy atom. The van der Waals surface area contributed by atoms with Crippen molar-refractivity contribution in [3.8, 4) is 0 Å². The van der Waals surface area contributed by atoms with Crippen LogP contribution in [0.25, 0.3) is 0 Å². The first-order valence-corrected chi connectivity index (χ1v) is 12.5. The molecule has 0 aromatic heterocycles. The number of amides is 2. The number of halogens is 1. The number of nitro groups is 1. The van der Waals surface area contributed by atoms with E-state index in [0.717, 1.165) is 10.5 Å². The highest BCUT2D eigenvalue weighted by molar-refractivity contribution is 9.09. The van der Waals surface area contributed by atoms with Gasteiger partial charge in [-0.15, -0.1) is 0 Å². The number of aliphatic hydroxyl groups is 1. The molecule has 0 bridgehead atoms. The molecule has 1 aliphatic heterocycles. The summed E-state index contributed by atoms with van der Waals surface area (Å²) in [7, 11) is 0. The van der Waals surface area contributed by atoms with Gasteiger partial charge in [0.1, 0.15) is 23.8 Å². The van der Waals surface area contributed by atoms with E-state index in [2.05, 4.69) is 21.2 Å². The highest BCUT2D eigenvalue weighted by Gasteiger charge is 2.52. The van der Waals surface area contributed by atoms with Crippen molar-refractivity contribution in [3.63, 3.8) is 0 Å². The standard InChI is InChI=1S/C23H20BrN3O8S/c24-11-17(29)20(23(32)35-12-15-6-8-16(9-7-15)27(33)34)26-21(31)19(22(26)36-13-28)25-18(30)10-14-4-2-1-3-5-14/h1-9,13,19,22,29H,10-12H2,(H,25,30). The number of nitrogens with zero attached hydrogens (tertiary/aromatic N) is 2. The van der Waals surface area contributed by atoms with Crippen LogP contribution in [-0.4, -0.2) is 55.1 Å². The van der Waals surface area contributed by atoms with Gasteiger partial charge < -0.3 is 15.2 Å². The highest BCUT2D eigenvalue weighted by Crippen LogP contribution is 2.34. The first-order chi connectivity index (χ1) is 17.3. The SMILES string of the molecule is O=CSC1C(NC(=O)Cc2ccccc2)C(=O)N1C(C(=O)OCc1ccc([N+](=O)[O-])cc1)=C(O)CBr. The number of rotatable bonds is 11. The maximum Gasteiger partial charge on any atom is 0.358 e. The minimum Gasteiger partial charge on any atom is -0.509 e. The van der Waals surface area contributed by atoms with Gasteiger partial charge in [-0.3, -0.25) is 29.4 Å². The van der Waals surface area contributed by atoms with E-state index in [1.54, 1.807) is 30.3 Å². The fourth-order valence-electron chi connectivity index (χ4n) is 3.39. The Morgan fingerprint density at radius 2 is 1.83 bits per heavy atom. The van der Waals surface area contributed by atoms with Crippen LogP contribution in [0.2, 0.25) is 0 Å². The van der Waals surface area contributed by atoms with E-state index in [0.29, 0.717) is 22.9 Å². The average molecular weight is 578 g/mol. The Balaban J connectivity index is 1.72. The molecule has 1 fully saturated rings. The number of alkyl halides is 1. The number of esters is 1. The number of aliphatic hydroxyl groups excluding tert-OH is 1. The summed E-state index contributed by atoms with van der Waals surface area (Å²) in [6.07, 6.45) is 0.00964. The number of hydrogen-bond donors (Lipinski definition) is 2. The van der Waals surface area contributed by atoms with Crippen LogP contribution < -0.4 is 5.32 Å². The van der Waals surface area contributed by atoms with Gasteiger partial charge in [0.2, 0.25) is 5.91 Å². The van der Waals surface area contributed by atoms with Crippen LogP contribution in [0.3, 0.4) is 0 Å². The molecule has 0 saturated carbocycles. The Labute approximate surface area is 217 Å². The third kappa shape index (κ3) is 6.29. The lowest BCUT2D eigenvalue weighted by Gasteiger charge is -2.45. The first-order valence-electron chi connectivity index (χ1n) is 10.4. The van der Waals surface area contributed by atoms with Crippen molar-refractivity contribution < 1.29 is 33.9 Å². The van der Waals surface area contributed by atoms with Crippen molar-refractivity contribution in [1.82, 2.24) is 10.2 Å². The molecule has 11 nitrogen and oxygen atoms in total. The number of benzene rings is 2. The minimum atomic E-state index is -1.10. The number of likely N-dealkylation sites (tertiary alicyclic amines) is 1. The maximum atomic E-state index is 12.9. The van der Waals surface area contributed by atoms with Gasteiger partial charge in [0.05, 0.1) is 16.7 Å². The second kappa shape index (κ2) is 12.3. The van der Waals surface area contributed by atoms with Gasteiger partial charge in [-0.2, -0.15) is 0 Å². The number of ether oxygens (including phenoxy) is 1. The molecule has 0 spiro atoms. The number of carbonyl (C=O) groups is 4. The van der Waals surface area contributed by atoms with E-state index in [1.807, 2.05) is 0 Å². The molecule has 0 aliphatic carbocycles. The Kier molecular flexibility index (Phi) is 9.19. The predicted octanol–water partition coefficient (Wildman–Crippen LogP) is 2.62. The quantitative estimate of drug-likeness (QED) is 0.0598. The van der Waals surface area contributed by atoms with Gasteiger partial charge in [-0.05, 0) is 23.3 Å². The van der Waals surface area contributed by atoms with Crippen LogP contribution in [0.1, 0.15) is 11.1 Å². The van der Waals surface area contributed by atoms with Crippen LogP contribution in [-0.2, 0) is 36.9 Å². The lowest BCUT2D eigenvalue weighted by atomic mass is 10.0. The van der Waals surface area contributed by atoms with Gasteiger partial charge >= 0.3 is 5.97 Å². The monoisotopic (exact) mass is 577 g/mol. The molecular formula is C23H20BrN3O8S. The molecule has 1 heterocycles. The molecule has 2 unspecified atom stereocenters. The third-order valence-corrected chi connectivity index (χ3v) is 6.52. The van der Waals surface area contributed by atoms with Crippen LogP contribution in [0.5, 0.6) is 0 Å². The number of thioether (sulfide) groups is 1. The van der Waals surface area contributed by atoms with Crippen molar-refractivity contribution in [2.45, 2.75) is 24.4 Å². The molecule has 2 aromatic carbocycles. The summed E-state index contributed by atoms with van der Waals surface area (Å²) in [6.45, 7) is -0.291. The number of β-lactam (4-membered cyclic amide) rings is 1. The zero-order chi connectivity index (χ0) is 26.2. The smallest absolute Gasteiger partial charge is 0.358 e. The second-order valence-electron chi connectivity index (χ2n) is 7.47. The predicted molar refractivity (Wildman–Crippen MR) is 133 cm³/mol. The Hall–Kier alpha value is -3.71. The van der Waals surface area contributed by atoms with Gasteiger partial charge in [0, 0.05) is 12.1 Å². The normalized spacial score (nSPS) is 17.5. The van der Waals surface area contributed by atoms with E-state index in [1.165, 1.54) is 24.3 Å². The van der Waals surface area contributed by atoms with Crippen molar-refractivity contribution in [2.24, 2.45) is 0 Å². The van der Waals surface area contributed by atoms with Crippen LogP contribution in [0.15, 0.2) is 66.1 Å². The maximum absolute atomic E-state index is 12.9. The molecule has 13 heteroatoms. The lowest BCUT2D eigenvalue weighted by molar-refractivity contribution is -0.384. The zero-order valence-electron chi connectivity index (χ0n) is 18.5. The summed E-state index contributed by atoms with van der Waals surface area (Å²) < 4.78 is 5.21. The summed E-state index contributed by atoms with van der Waals surface area (Å²) in [4.78, 5) is 60.6. The number of non-ortho nitro benzene ring substituents is 1. The molecule has 2 aromatic rings. The first kappa shape index (κ1) is 26.9. The fourth-order valence-corrected chi connectivity index (χ4v) is 4.44. The molecule has 3 rings (SSSR count). The number of carbonyl (C=O) groups excluding carboxylic acids is 4. The fraction of sp³-hybridized carbons (Fsp3) is 0.217. The number of nitrogens with one attached hydrogen (secondary N) is 1. The topological polar surface area (TPSA) is 156 Å². The van der Waals surface area contributed by atoms with Gasteiger partial charge in [0.25, 0.3) is 11.6 Å². The van der Waals surface area contributed by atoms with E-state index in [9.17, 15) is 34.4 Å². The molecular weight excluding hydrogens is 558 g/mol. The molecule has 2 atom stereocenters. The van der Waals surface area contributed by atoms with E-state index in [4.69, 9.17) is 4.74 Å². The van der Waals surface area contributed by atoms with Gasteiger partial charge in [0.15, 0.2) is 11.3 Å². The van der Waals surface area contributed by atoms with Crippen LogP contribution >= 0.6 is 27.7 Å². The summed E-state index contributed by atoms with van der Waals surface area (Å²) in [5, 5.41) is 22.5. The summed E-state index contributed by atoms with van der Waals surface area (Å²) in [5.41, 5.74) is 1.01. The third-order valence-electron chi connectivity index (χ3n) is 5.11. The highest BCUT2D eigenvalue weighted by atomic mass is 79.9. The molecule has 1 aliphatic rings. The molecule has 2 N–H and O–H groups in total. The summed E-state index contributed by atoms with van der Waals surface area (Å²) >= 11 is 3.69. The number of hydrogen-bond acceptors (Lipinski definition) is 9. The number of allylic oxidation sites excluding steroid dienone is 1. The van der Waals surface area contributed by atoms with Crippen molar-refractivity contribution in [3.05, 3.63) is 87.3 Å². The van der Waals surface area contributed by atoms with Crippen LogP contribution in [0.4, 0.5) is 5.69 Å². The van der Waals surface area contributed by atoms with Crippen LogP contribution in [0, 0.1) is 10.1 Å². The second-order valence-corrected chi connectivity index (χ2v) is 8.98. The van der Waals surface area contributed by atoms with Gasteiger partial charge in [-0.1, -0.05) is 58.0 Å². The number of nitro benzene ring substituents is 1. The van der Waals surface area contributed by atoms with E-state index >= 15 is 0 Å². The molecule has 36 heavy (non-hydrogen) atoms. The van der Waals surface area contributed by atoms with Gasteiger partial charge in [-0.25, -0.2) is 4.79 Å². The Morgan fingerprint density at radius 1 is 1.17 bits per heavy atom. The van der Waals surface area contributed by atoms with Crippen molar-refractivity contribution >= 4 is 56.8 Å². The molecule has 188 valence electrons. The minimum absolute atomic E-state index is 0.00964. The molecule has 1 saturated heterocycles. The Bertz CT molecular complexity index is 1190. The lowest BCUT2D eigenvalue weighted by Crippen LogP contribution is -2.69. The summed E-state index contributed by atoms with van der Waals surface area (Å²) in [6, 6.07) is 13.0. The largest absolute Gasteiger partial charge is 0.509 e. The molecule has 0 radical (unpaired) electrons. The van der Waals surface area contributed by atoms with E-state index < -0.39 is 45.6 Å². The van der Waals surface area contributed by atoms with E-state index in [-0.39, 0.29) is 24.0 Å². The summed E-state index contributed by atoms with van der Waals surface area (Å²) in [5.74, 6) is -2.72. The average Bonchev–Trinajstić information content (AvgIpc) is 2.88. The van der Waals surface area contributed by atoms with Crippen molar-refractivity contribution in [2.75, 3.05) is 5.33 Å². The van der Waals surface area contributed by atoms with Crippen molar-refractivity contribution in [1.29, 1.82) is 0 Å².